The Balaban J connectivity index is 2.05. The van der Waals surface area contributed by atoms with Crippen LogP contribution in [0, 0.1) is 0 Å². The molecule has 0 spiro atoms. The Morgan fingerprint density at radius 1 is 1.28 bits per heavy atom. The Kier molecular flexibility index (Phi) is 4.06. The minimum Gasteiger partial charge on any atom is -0.473 e. The molecule has 0 unspecified atom stereocenters. The summed E-state index contributed by atoms with van der Waals surface area (Å²) in [5.41, 5.74) is 1.88. The van der Waals surface area contributed by atoms with Crippen molar-refractivity contribution >= 4 is 5.69 Å². The molecule has 0 amide bonds. The lowest BCUT2D eigenvalue weighted by Crippen LogP contribution is -2.10. The third-order valence-corrected chi connectivity index (χ3v) is 2.22. The molecule has 0 aliphatic rings. The van der Waals surface area contributed by atoms with E-state index in [0.29, 0.717) is 12.4 Å². The van der Waals surface area contributed by atoms with Gasteiger partial charge >= 0.3 is 0 Å². The number of hydrogen-bond donors (Lipinski definition) is 1. The number of pyridine rings is 1. The second-order valence-electron chi connectivity index (χ2n) is 4.12. The zero-order valence-corrected chi connectivity index (χ0v) is 10.5. The maximum absolute atomic E-state index is 5.63. The van der Waals surface area contributed by atoms with Gasteiger partial charge < -0.3 is 10.1 Å². The lowest BCUT2D eigenvalue weighted by Gasteiger charge is -2.13. The molecule has 0 bridgehead atoms. The maximum Gasteiger partial charge on any atom is 0.237 e. The first-order valence-electron chi connectivity index (χ1n) is 5.85. The molecule has 0 atom stereocenters. The summed E-state index contributed by atoms with van der Waals surface area (Å²) < 4.78 is 5.63. The van der Waals surface area contributed by atoms with Gasteiger partial charge in [0.15, 0.2) is 0 Å². The molecule has 2 rings (SSSR count). The van der Waals surface area contributed by atoms with Crippen molar-refractivity contribution in [1.29, 1.82) is 0 Å². The fourth-order valence-corrected chi connectivity index (χ4v) is 1.46. The molecule has 1 N–H and O–H groups in total. The maximum atomic E-state index is 5.63. The summed E-state index contributed by atoms with van der Waals surface area (Å²) in [5.74, 6) is 0.615. The van der Waals surface area contributed by atoms with E-state index >= 15 is 0 Å². The number of aromatic nitrogens is 3. The SMILES string of the molecule is CC(C)Oc1ncccc1NCc1cncnc1. The first-order valence-corrected chi connectivity index (χ1v) is 5.85. The molecule has 94 valence electrons. The van der Waals surface area contributed by atoms with E-state index in [1.165, 1.54) is 6.33 Å². The quantitative estimate of drug-likeness (QED) is 0.874. The molecule has 5 heteroatoms. The molecule has 18 heavy (non-hydrogen) atoms. The third-order valence-electron chi connectivity index (χ3n) is 2.22. The standard InChI is InChI=1S/C13H16N4O/c1-10(2)18-13-12(4-3-5-16-13)17-8-11-6-14-9-15-7-11/h3-7,9-10,17H,8H2,1-2H3. The molecular weight excluding hydrogens is 228 g/mol. The highest BCUT2D eigenvalue weighted by molar-refractivity contribution is 5.52. The van der Waals surface area contributed by atoms with Crippen LogP contribution in [0.5, 0.6) is 5.88 Å². The van der Waals surface area contributed by atoms with Gasteiger partial charge in [0.25, 0.3) is 0 Å². The van der Waals surface area contributed by atoms with Gasteiger partial charge in [-0.05, 0) is 26.0 Å². The van der Waals surface area contributed by atoms with Crippen LogP contribution in [0.2, 0.25) is 0 Å². The van der Waals surface area contributed by atoms with Gasteiger partial charge in [0.2, 0.25) is 5.88 Å². The highest BCUT2D eigenvalue weighted by Gasteiger charge is 2.06. The van der Waals surface area contributed by atoms with E-state index < -0.39 is 0 Å². The molecular formula is C13H16N4O. The van der Waals surface area contributed by atoms with Gasteiger partial charge in [-0.1, -0.05) is 0 Å². The number of hydrogen-bond acceptors (Lipinski definition) is 5. The lowest BCUT2D eigenvalue weighted by molar-refractivity contribution is 0.234. The second-order valence-corrected chi connectivity index (χ2v) is 4.12. The van der Waals surface area contributed by atoms with E-state index in [1.807, 2.05) is 26.0 Å². The van der Waals surface area contributed by atoms with Crippen molar-refractivity contribution in [3.63, 3.8) is 0 Å². The monoisotopic (exact) mass is 244 g/mol. The number of nitrogens with one attached hydrogen (secondary N) is 1. The molecule has 2 aromatic heterocycles. The van der Waals surface area contributed by atoms with E-state index in [4.69, 9.17) is 4.74 Å². The summed E-state index contributed by atoms with van der Waals surface area (Å²) in [6, 6.07) is 3.81. The molecule has 0 saturated heterocycles. The van der Waals surface area contributed by atoms with Crippen LogP contribution >= 0.6 is 0 Å². The molecule has 2 aromatic rings. The summed E-state index contributed by atoms with van der Waals surface area (Å²) in [4.78, 5) is 12.2. The minimum atomic E-state index is 0.0977. The highest BCUT2D eigenvalue weighted by atomic mass is 16.5. The smallest absolute Gasteiger partial charge is 0.237 e. The van der Waals surface area contributed by atoms with E-state index in [2.05, 4.69) is 20.3 Å². The van der Waals surface area contributed by atoms with E-state index in [0.717, 1.165) is 11.3 Å². The Hall–Kier alpha value is -2.17. The van der Waals surface area contributed by atoms with Gasteiger partial charge in [-0.3, -0.25) is 0 Å². The fourth-order valence-electron chi connectivity index (χ4n) is 1.46. The van der Waals surface area contributed by atoms with Crippen molar-refractivity contribution in [2.24, 2.45) is 0 Å². The van der Waals surface area contributed by atoms with Crippen molar-refractivity contribution < 1.29 is 4.74 Å². The number of rotatable bonds is 5. The zero-order valence-electron chi connectivity index (χ0n) is 10.5. The zero-order chi connectivity index (χ0) is 12.8. The number of anilines is 1. The molecule has 0 fully saturated rings. The Labute approximate surface area is 106 Å². The van der Waals surface area contributed by atoms with Crippen LogP contribution in [-0.2, 0) is 6.54 Å². The lowest BCUT2D eigenvalue weighted by atomic mass is 10.3. The average Bonchev–Trinajstić information content (AvgIpc) is 2.38. The Morgan fingerprint density at radius 2 is 2.06 bits per heavy atom. The van der Waals surface area contributed by atoms with Crippen molar-refractivity contribution in [2.75, 3.05) is 5.32 Å². The normalized spacial score (nSPS) is 10.4. The van der Waals surface area contributed by atoms with Crippen LogP contribution in [0.3, 0.4) is 0 Å². The van der Waals surface area contributed by atoms with E-state index in [9.17, 15) is 0 Å². The van der Waals surface area contributed by atoms with E-state index in [1.54, 1.807) is 18.6 Å². The first kappa shape index (κ1) is 12.3. The second kappa shape index (κ2) is 5.95. The topological polar surface area (TPSA) is 59.9 Å². The van der Waals surface area contributed by atoms with Gasteiger partial charge in [0.1, 0.15) is 6.33 Å². The largest absolute Gasteiger partial charge is 0.473 e. The number of ether oxygens (including phenoxy) is 1. The molecule has 0 aromatic carbocycles. The van der Waals surface area contributed by atoms with Crippen molar-refractivity contribution in [2.45, 2.75) is 26.5 Å². The highest BCUT2D eigenvalue weighted by Crippen LogP contribution is 2.22. The van der Waals surface area contributed by atoms with Gasteiger partial charge in [-0.25, -0.2) is 15.0 Å². The number of nitrogens with zero attached hydrogens (tertiary/aromatic N) is 3. The summed E-state index contributed by atoms with van der Waals surface area (Å²) in [5, 5.41) is 3.27. The summed E-state index contributed by atoms with van der Waals surface area (Å²) >= 11 is 0. The summed E-state index contributed by atoms with van der Waals surface area (Å²) in [7, 11) is 0. The van der Waals surface area contributed by atoms with Crippen molar-refractivity contribution in [1.82, 2.24) is 15.0 Å². The molecule has 0 radical (unpaired) electrons. The van der Waals surface area contributed by atoms with Gasteiger partial charge in [0.05, 0.1) is 11.8 Å². The van der Waals surface area contributed by atoms with Crippen LogP contribution in [0.4, 0.5) is 5.69 Å². The van der Waals surface area contributed by atoms with Crippen molar-refractivity contribution in [3.8, 4) is 5.88 Å². The first-order chi connectivity index (χ1) is 8.75. The molecule has 0 aliphatic carbocycles. The Bertz CT molecular complexity index is 487. The van der Waals surface area contributed by atoms with E-state index in [-0.39, 0.29) is 6.10 Å². The van der Waals surface area contributed by atoms with Crippen LogP contribution in [-0.4, -0.2) is 21.1 Å². The van der Waals surface area contributed by atoms with Gasteiger partial charge in [0, 0.05) is 30.7 Å². The summed E-state index contributed by atoms with van der Waals surface area (Å²) in [6.45, 7) is 4.59. The molecule has 0 saturated carbocycles. The Morgan fingerprint density at radius 3 is 2.78 bits per heavy atom. The van der Waals surface area contributed by atoms with Crippen LogP contribution in [0.25, 0.3) is 0 Å². The fraction of sp³-hybridized carbons (Fsp3) is 0.308. The van der Waals surface area contributed by atoms with Crippen LogP contribution in [0.1, 0.15) is 19.4 Å². The van der Waals surface area contributed by atoms with Crippen LogP contribution < -0.4 is 10.1 Å². The van der Waals surface area contributed by atoms with Gasteiger partial charge in [-0.15, -0.1) is 0 Å². The molecule has 5 nitrogen and oxygen atoms in total. The minimum absolute atomic E-state index is 0.0977. The van der Waals surface area contributed by atoms with Crippen molar-refractivity contribution in [3.05, 3.63) is 42.6 Å². The van der Waals surface area contributed by atoms with Crippen LogP contribution in [0.15, 0.2) is 37.1 Å². The third kappa shape index (κ3) is 3.41. The predicted octanol–water partition coefficient (Wildman–Crippen LogP) is 2.27. The predicted molar refractivity (Wildman–Crippen MR) is 69.4 cm³/mol. The molecule has 0 aliphatic heterocycles. The summed E-state index contributed by atoms with van der Waals surface area (Å²) in [6.07, 6.45) is 6.88. The molecule has 2 heterocycles. The average molecular weight is 244 g/mol. The van der Waals surface area contributed by atoms with Gasteiger partial charge in [-0.2, -0.15) is 0 Å².